The first-order valence-corrected chi connectivity index (χ1v) is 7.64. The molecule has 1 aliphatic rings. The molecule has 0 fully saturated rings. The third-order valence-electron chi connectivity index (χ3n) is 3.62. The SMILES string of the molecule is CCCNCC(=O)NC(C)c1nnc2n1CCCCC2. The molecule has 2 N–H and O–H groups in total. The highest BCUT2D eigenvalue weighted by Crippen LogP contribution is 2.18. The van der Waals surface area contributed by atoms with Gasteiger partial charge in [0.1, 0.15) is 5.82 Å². The molecular formula is C14H25N5O. The second kappa shape index (κ2) is 7.38. The number of nitrogens with zero attached hydrogens (tertiary/aromatic N) is 3. The normalized spacial score (nSPS) is 16.3. The van der Waals surface area contributed by atoms with Gasteiger partial charge in [0.15, 0.2) is 5.82 Å². The summed E-state index contributed by atoms with van der Waals surface area (Å²) in [6, 6.07) is -0.0923. The third kappa shape index (κ3) is 3.79. The summed E-state index contributed by atoms with van der Waals surface area (Å²) in [5, 5.41) is 14.6. The second-order valence-corrected chi connectivity index (χ2v) is 5.40. The van der Waals surface area contributed by atoms with E-state index in [1.54, 1.807) is 0 Å². The minimum absolute atomic E-state index is 0.0110. The first-order chi connectivity index (χ1) is 9.72. The van der Waals surface area contributed by atoms with Crippen LogP contribution < -0.4 is 10.6 Å². The third-order valence-corrected chi connectivity index (χ3v) is 3.62. The molecule has 6 heteroatoms. The zero-order valence-corrected chi connectivity index (χ0v) is 12.5. The fraction of sp³-hybridized carbons (Fsp3) is 0.786. The molecule has 1 aliphatic heterocycles. The minimum atomic E-state index is -0.0923. The first-order valence-electron chi connectivity index (χ1n) is 7.64. The highest BCUT2D eigenvalue weighted by molar-refractivity contribution is 5.78. The lowest BCUT2D eigenvalue weighted by atomic mass is 10.2. The van der Waals surface area contributed by atoms with E-state index in [0.29, 0.717) is 6.54 Å². The lowest BCUT2D eigenvalue weighted by Crippen LogP contribution is -2.36. The summed E-state index contributed by atoms with van der Waals surface area (Å²) in [4.78, 5) is 11.8. The number of carbonyl (C=O) groups excluding carboxylic acids is 1. The van der Waals surface area contributed by atoms with Crippen molar-refractivity contribution in [3.63, 3.8) is 0 Å². The van der Waals surface area contributed by atoms with Crippen molar-refractivity contribution in [1.29, 1.82) is 0 Å². The Morgan fingerprint density at radius 2 is 2.20 bits per heavy atom. The molecule has 6 nitrogen and oxygen atoms in total. The van der Waals surface area contributed by atoms with Gasteiger partial charge in [-0.25, -0.2) is 0 Å². The number of aromatic nitrogens is 3. The van der Waals surface area contributed by atoms with Gasteiger partial charge in [0, 0.05) is 13.0 Å². The summed E-state index contributed by atoms with van der Waals surface area (Å²) in [5.74, 6) is 1.95. The zero-order chi connectivity index (χ0) is 14.4. The number of rotatable bonds is 6. The molecule has 1 unspecified atom stereocenters. The fourth-order valence-corrected chi connectivity index (χ4v) is 2.56. The molecule has 0 aromatic carbocycles. The molecule has 0 bridgehead atoms. The summed E-state index contributed by atoms with van der Waals surface area (Å²) < 4.78 is 2.18. The summed E-state index contributed by atoms with van der Waals surface area (Å²) in [5.41, 5.74) is 0. The van der Waals surface area contributed by atoms with Crippen molar-refractivity contribution in [2.75, 3.05) is 13.1 Å². The van der Waals surface area contributed by atoms with Gasteiger partial charge >= 0.3 is 0 Å². The summed E-state index contributed by atoms with van der Waals surface area (Å²) in [6.07, 6.45) is 5.60. The van der Waals surface area contributed by atoms with Crippen LogP contribution in [0.15, 0.2) is 0 Å². The van der Waals surface area contributed by atoms with Crippen LogP contribution in [0.5, 0.6) is 0 Å². The van der Waals surface area contributed by atoms with Crippen molar-refractivity contribution in [3.8, 4) is 0 Å². The van der Waals surface area contributed by atoms with E-state index in [-0.39, 0.29) is 11.9 Å². The number of hydrogen-bond acceptors (Lipinski definition) is 4. The quantitative estimate of drug-likeness (QED) is 0.767. The largest absolute Gasteiger partial charge is 0.345 e. The van der Waals surface area contributed by atoms with Gasteiger partial charge in [0.2, 0.25) is 5.91 Å². The van der Waals surface area contributed by atoms with Crippen LogP contribution in [0.1, 0.15) is 57.2 Å². The maximum Gasteiger partial charge on any atom is 0.234 e. The summed E-state index contributed by atoms with van der Waals surface area (Å²) in [6.45, 7) is 6.24. The molecule has 2 heterocycles. The molecule has 112 valence electrons. The van der Waals surface area contributed by atoms with Crippen molar-refractivity contribution in [1.82, 2.24) is 25.4 Å². The highest BCUT2D eigenvalue weighted by Gasteiger charge is 2.20. The number of hydrogen-bond donors (Lipinski definition) is 2. The van der Waals surface area contributed by atoms with Crippen LogP contribution >= 0.6 is 0 Å². The summed E-state index contributed by atoms with van der Waals surface area (Å²) in [7, 11) is 0. The van der Waals surface area contributed by atoms with E-state index in [4.69, 9.17) is 0 Å². The van der Waals surface area contributed by atoms with Crippen LogP contribution in [-0.4, -0.2) is 33.8 Å². The average Bonchev–Trinajstić information content (AvgIpc) is 2.68. The van der Waals surface area contributed by atoms with Crippen LogP contribution in [0.25, 0.3) is 0 Å². The van der Waals surface area contributed by atoms with Gasteiger partial charge in [-0.05, 0) is 32.7 Å². The fourth-order valence-electron chi connectivity index (χ4n) is 2.56. The zero-order valence-electron chi connectivity index (χ0n) is 12.5. The number of fused-ring (bicyclic) bond motifs is 1. The Morgan fingerprint density at radius 3 is 3.00 bits per heavy atom. The molecule has 1 amide bonds. The van der Waals surface area contributed by atoms with Crippen LogP contribution in [0.3, 0.4) is 0 Å². The number of nitrogens with one attached hydrogen (secondary N) is 2. The van der Waals surface area contributed by atoms with E-state index >= 15 is 0 Å². The molecule has 1 aromatic rings. The Bertz CT molecular complexity index is 443. The predicted octanol–water partition coefficient (Wildman–Crippen LogP) is 1.18. The maximum atomic E-state index is 11.8. The van der Waals surface area contributed by atoms with E-state index in [9.17, 15) is 4.79 Å². The molecule has 0 spiro atoms. The molecule has 2 rings (SSSR count). The molecule has 0 saturated carbocycles. The lowest BCUT2D eigenvalue weighted by Gasteiger charge is -2.15. The van der Waals surface area contributed by atoms with Crippen molar-refractivity contribution < 1.29 is 4.79 Å². The van der Waals surface area contributed by atoms with Crippen molar-refractivity contribution in [2.24, 2.45) is 0 Å². The molecule has 0 radical (unpaired) electrons. The van der Waals surface area contributed by atoms with Crippen molar-refractivity contribution in [2.45, 2.75) is 58.5 Å². The monoisotopic (exact) mass is 279 g/mol. The molecule has 1 atom stereocenters. The van der Waals surface area contributed by atoms with Gasteiger partial charge < -0.3 is 15.2 Å². The van der Waals surface area contributed by atoms with Gasteiger partial charge in [-0.2, -0.15) is 0 Å². The average molecular weight is 279 g/mol. The van der Waals surface area contributed by atoms with E-state index in [1.807, 2.05) is 6.92 Å². The smallest absolute Gasteiger partial charge is 0.234 e. The Balaban J connectivity index is 1.94. The Hall–Kier alpha value is -1.43. The first kappa shape index (κ1) is 15.0. The molecule has 20 heavy (non-hydrogen) atoms. The van der Waals surface area contributed by atoms with Crippen LogP contribution in [0.4, 0.5) is 0 Å². The van der Waals surface area contributed by atoms with E-state index < -0.39 is 0 Å². The van der Waals surface area contributed by atoms with Gasteiger partial charge in [0.05, 0.1) is 12.6 Å². The molecule has 0 aliphatic carbocycles. The standard InChI is InChI=1S/C14H25N5O/c1-3-8-15-10-13(20)16-11(2)14-18-17-12-7-5-4-6-9-19(12)14/h11,15H,3-10H2,1-2H3,(H,16,20). The topological polar surface area (TPSA) is 71.8 Å². The van der Waals surface area contributed by atoms with E-state index in [2.05, 4.69) is 32.3 Å². The Morgan fingerprint density at radius 1 is 1.35 bits per heavy atom. The van der Waals surface area contributed by atoms with Crippen LogP contribution in [-0.2, 0) is 17.8 Å². The lowest BCUT2D eigenvalue weighted by molar-refractivity contribution is -0.120. The number of aryl methyl sites for hydroxylation is 1. The van der Waals surface area contributed by atoms with Crippen LogP contribution in [0, 0.1) is 0 Å². The van der Waals surface area contributed by atoms with Crippen LogP contribution in [0.2, 0.25) is 0 Å². The van der Waals surface area contributed by atoms with Gasteiger partial charge in [0.25, 0.3) is 0 Å². The minimum Gasteiger partial charge on any atom is -0.345 e. The molecule has 1 aromatic heterocycles. The molecule has 0 saturated heterocycles. The Labute approximate surface area is 120 Å². The van der Waals surface area contributed by atoms with E-state index in [0.717, 1.165) is 44.0 Å². The van der Waals surface area contributed by atoms with Crippen molar-refractivity contribution >= 4 is 5.91 Å². The number of carbonyl (C=O) groups is 1. The van der Waals surface area contributed by atoms with Gasteiger partial charge in [-0.1, -0.05) is 13.3 Å². The Kier molecular flexibility index (Phi) is 5.52. The second-order valence-electron chi connectivity index (χ2n) is 5.40. The predicted molar refractivity (Wildman–Crippen MR) is 77.3 cm³/mol. The molecular weight excluding hydrogens is 254 g/mol. The van der Waals surface area contributed by atoms with Crippen molar-refractivity contribution in [3.05, 3.63) is 11.6 Å². The van der Waals surface area contributed by atoms with E-state index in [1.165, 1.54) is 12.8 Å². The van der Waals surface area contributed by atoms with Gasteiger partial charge in [-0.3, -0.25) is 4.79 Å². The summed E-state index contributed by atoms with van der Waals surface area (Å²) >= 11 is 0. The number of amides is 1. The highest BCUT2D eigenvalue weighted by atomic mass is 16.2. The maximum absolute atomic E-state index is 11.8. The van der Waals surface area contributed by atoms with Gasteiger partial charge in [-0.15, -0.1) is 10.2 Å².